The minimum atomic E-state index is 0.0864. The fraction of sp³-hybridized carbons (Fsp3) is 0.792. The molecular formula is C24H34O3S. The van der Waals surface area contributed by atoms with Crippen LogP contribution in [-0.4, -0.2) is 21.9 Å². The van der Waals surface area contributed by atoms with Crippen LogP contribution in [0.2, 0.25) is 0 Å². The third-order valence-corrected chi connectivity index (χ3v) is 10.4. The summed E-state index contributed by atoms with van der Waals surface area (Å²) < 4.78 is 0. The van der Waals surface area contributed by atoms with E-state index in [1.807, 2.05) is 13.0 Å². The van der Waals surface area contributed by atoms with E-state index < -0.39 is 0 Å². The Bertz CT molecular complexity index is 740. The van der Waals surface area contributed by atoms with Gasteiger partial charge in [-0.2, -0.15) is 0 Å². The maximum absolute atomic E-state index is 12.4. The number of rotatable bonds is 3. The van der Waals surface area contributed by atoms with Crippen LogP contribution in [0.25, 0.3) is 0 Å². The van der Waals surface area contributed by atoms with E-state index in [1.165, 1.54) is 5.57 Å². The molecule has 154 valence electrons. The molecule has 0 spiro atoms. The Kier molecular flexibility index (Phi) is 5.17. The molecule has 0 aliphatic heterocycles. The number of ketones is 2. The van der Waals surface area contributed by atoms with E-state index in [0.29, 0.717) is 36.4 Å². The lowest BCUT2D eigenvalue weighted by Crippen LogP contribution is -2.55. The molecule has 0 heterocycles. The topological polar surface area (TPSA) is 51.2 Å². The summed E-state index contributed by atoms with van der Waals surface area (Å²) in [7, 11) is 0. The molecule has 4 aliphatic rings. The molecule has 0 saturated heterocycles. The number of fused-ring (bicyclic) bond motifs is 5. The lowest BCUT2D eigenvalue weighted by atomic mass is 9.46. The van der Waals surface area contributed by atoms with Crippen LogP contribution in [0.4, 0.5) is 0 Å². The highest BCUT2D eigenvalue weighted by Gasteiger charge is 2.62. The van der Waals surface area contributed by atoms with Crippen molar-refractivity contribution in [2.24, 2.45) is 34.5 Å². The Morgan fingerprint density at radius 3 is 2.57 bits per heavy atom. The molecule has 0 radical (unpaired) electrons. The van der Waals surface area contributed by atoms with E-state index in [4.69, 9.17) is 0 Å². The van der Waals surface area contributed by atoms with Gasteiger partial charge in [-0.3, -0.25) is 14.4 Å². The molecule has 4 rings (SSSR count). The summed E-state index contributed by atoms with van der Waals surface area (Å²) >= 11 is 1.54. The van der Waals surface area contributed by atoms with Gasteiger partial charge >= 0.3 is 0 Å². The highest BCUT2D eigenvalue weighted by atomic mass is 32.2. The van der Waals surface area contributed by atoms with Crippen LogP contribution in [0.5, 0.6) is 0 Å². The van der Waals surface area contributed by atoms with Crippen LogP contribution in [0.1, 0.15) is 79.1 Å². The van der Waals surface area contributed by atoms with Gasteiger partial charge in [-0.15, -0.1) is 0 Å². The molecule has 4 aliphatic carbocycles. The van der Waals surface area contributed by atoms with Gasteiger partial charge in [0.25, 0.3) is 0 Å². The lowest BCUT2D eigenvalue weighted by Gasteiger charge is -2.60. The van der Waals surface area contributed by atoms with Gasteiger partial charge in [-0.25, -0.2) is 0 Å². The van der Waals surface area contributed by atoms with E-state index in [2.05, 4.69) is 13.8 Å². The van der Waals surface area contributed by atoms with Gasteiger partial charge in [0.05, 0.1) is 0 Å². The number of thioether (sulfide) groups is 1. The number of allylic oxidation sites excluding steroid dienone is 1. The molecule has 4 heteroatoms. The standard InChI is InChI=1S/C24H34O3S/c1-5-21(27)28-20-13-15-12-16(26)8-10-23(15,3)19-9-11-24(4)17(14(2)25)6-7-18(24)22(19)20/h12,17-20,22H,5-11,13H2,1-4H3/t17-,18+,19+,20?,22+,23+,24-/m1/s1. The predicted molar refractivity (Wildman–Crippen MR) is 113 cm³/mol. The molecule has 1 unspecified atom stereocenters. The maximum Gasteiger partial charge on any atom is 0.188 e. The molecule has 3 fully saturated rings. The second-order valence-electron chi connectivity index (χ2n) is 10.2. The first-order valence-corrected chi connectivity index (χ1v) is 12.0. The van der Waals surface area contributed by atoms with Crippen molar-refractivity contribution >= 4 is 28.4 Å². The molecule has 0 N–H and O–H groups in total. The largest absolute Gasteiger partial charge is 0.300 e. The maximum atomic E-state index is 12.4. The van der Waals surface area contributed by atoms with Crippen molar-refractivity contribution in [3.8, 4) is 0 Å². The van der Waals surface area contributed by atoms with Crippen LogP contribution >= 0.6 is 11.8 Å². The Labute approximate surface area is 173 Å². The minimum Gasteiger partial charge on any atom is -0.300 e. The van der Waals surface area contributed by atoms with E-state index >= 15 is 0 Å². The van der Waals surface area contributed by atoms with Crippen molar-refractivity contribution in [2.45, 2.75) is 84.3 Å². The van der Waals surface area contributed by atoms with E-state index in [1.54, 1.807) is 18.7 Å². The summed E-state index contributed by atoms with van der Waals surface area (Å²) in [5.74, 6) is 2.34. The van der Waals surface area contributed by atoms with Crippen molar-refractivity contribution in [1.29, 1.82) is 0 Å². The van der Waals surface area contributed by atoms with Gasteiger partial charge in [0, 0.05) is 24.0 Å². The summed E-state index contributed by atoms with van der Waals surface area (Å²) in [5, 5.41) is 0.529. The van der Waals surface area contributed by atoms with Crippen LogP contribution in [0.3, 0.4) is 0 Å². The minimum absolute atomic E-state index is 0.0864. The number of hydrogen-bond donors (Lipinski definition) is 0. The Balaban J connectivity index is 1.75. The molecule has 3 saturated carbocycles. The molecule has 7 atom stereocenters. The molecule has 0 bridgehead atoms. The number of carbonyl (C=O) groups excluding carboxylic acids is 3. The Morgan fingerprint density at radius 2 is 1.89 bits per heavy atom. The second-order valence-corrected chi connectivity index (χ2v) is 11.5. The average Bonchev–Trinajstić information content (AvgIpc) is 3.00. The SMILES string of the molecule is CCC(=O)SC1CC2=CC(=O)CC[C@]2(C)[C@H]2CC[C@]3(C)[C@@H](C(C)=O)CC[C@H]3[C@H]12. The Hall–Kier alpha value is -0.900. The molecule has 28 heavy (non-hydrogen) atoms. The van der Waals surface area contributed by atoms with Gasteiger partial charge in [0.15, 0.2) is 10.9 Å². The quantitative estimate of drug-likeness (QED) is 0.637. The van der Waals surface area contributed by atoms with Crippen LogP contribution in [0, 0.1) is 34.5 Å². The fourth-order valence-corrected chi connectivity index (χ4v) is 8.84. The van der Waals surface area contributed by atoms with Gasteiger partial charge in [0.1, 0.15) is 5.78 Å². The molecule has 0 aromatic heterocycles. The van der Waals surface area contributed by atoms with E-state index in [-0.39, 0.29) is 32.9 Å². The van der Waals surface area contributed by atoms with Gasteiger partial charge in [0.2, 0.25) is 0 Å². The Morgan fingerprint density at radius 1 is 1.14 bits per heavy atom. The average molecular weight is 403 g/mol. The molecule has 0 aromatic rings. The monoisotopic (exact) mass is 402 g/mol. The normalized spacial score (nSPS) is 44.9. The van der Waals surface area contributed by atoms with Crippen LogP contribution in [-0.2, 0) is 14.4 Å². The van der Waals surface area contributed by atoms with Crippen molar-refractivity contribution < 1.29 is 14.4 Å². The van der Waals surface area contributed by atoms with E-state index in [0.717, 1.165) is 38.5 Å². The van der Waals surface area contributed by atoms with E-state index in [9.17, 15) is 14.4 Å². The van der Waals surface area contributed by atoms with Gasteiger partial charge < -0.3 is 0 Å². The van der Waals surface area contributed by atoms with Crippen molar-refractivity contribution in [3.05, 3.63) is 11.6 Å². The van der Waals surface area contributed by atoms with Crippen LogP contribution < -0.4 is 0 Å². The second kappa shape index (κ2) is 7.11. The van der Waals surface area contributed by atoms with Crippen molar-refractivity contribution in [1.82, 2.24) is 0 Å². The number of hydrogen-bond acceptors (Lipinski definition) is 4. The highest BCUT2D eigenvalue weighted by molar-refractivity contribution is 8.14. The third kappa shape index (κ3) is 2.97. The van der Waals surface area contributed by atoms with Crippen molar-refractivity contribution in [3.63, 3.8) is 0 Å². The highest BCUT2D eigenvalue weighted by Crippen LogP contribution is 2.68. The lowest BCUT2D eigenvalue weighted by molar-refractivity contribution is -0.128. The molecular weight excluding hydrogens is 368 g/mol. The molecule has 3 nitrogen and oxygen atoms in total. The summed E-state index contributed by atoms with van der Waals surface area (Å²) in [6, 6.07) is 0. The number of carbonyl (C=O) groups is 3. The zero-order valence-electron chi connectivity index (χ0n) is 17.8. The fourth-order valence-electron chi connectivity index (χ4n) is 7.54. The summed E-state index contributed by atoms with van der Waals surface area (Å²) in [4.78, 5) is 37.0. The van der Waals surface area contributed by atoms with Gasteiger partial charge in [-0.1, -0.05) is 38.1 Å². The smallest absolute Gasteiger partial charge is 0.188 e. The molecule has 0 amide bonds. The van der Waals surface area contributed by atoms with Crippen LogP contribution in [0.15, 0.2) is 11.6 Å². The first kappa shape index (κ1) is 20.4. The summed E-state index contributed by atoms with van der Waals surface area (Å²) in [6.45, 7) is 8.45. The summed E-state index contributed by atoms with van der Waals surface area (Å²) in [6.07, 6.45) is 9.34. The zero-order chi connectivity index (χ0) is 20.3. The first-order valence-electron chi connectivity index (χ1n) is 11.1. The predicted octanol–water partition coefficient (Wildman–Crippen LogP) is 5.37. The third-order valence-electron chi connectivity index (χ3n) is 9.02. The van der Waals surface area contributed by atoms with Gasteiger partial charge in [-0.05, 0) is 80.1 Å². The zero-order valence-corrected chi connectivity index (χ0v) is 18.6. The molecule has 0 aromatic carbocycles. The number of Topliss-reactive ketones (excluding diaryl/α,β-unsaturated/α-hetero) is 1. The first-order chi connectivity index (χ1) is 13.2. The van der Waals surface area contributed by atoms with Crippen molar-refractivity contribution in [2.75, 3.05) is 0 Å². The summed E-state index contributed by atoms with van der Waals surface area (Å²) in [5.41, 5.74) is 1.49.